The summed E-state index contributed by atoms with van der Waals surface area (Å²) in [5.41, 5.74) is -0.114. The van der Waals surface area contributed by atoms with Crippen molar-refractivity contribution in [1.29, 1.82) is 0 Å². The summed E-state index contributed by atoms with van der Waals surface area (Å²) in [7, 11) is 0. The average molecular weight is 328 g/mol. The SMILES string of the molecule is CC(C)=CCc1c(O)c(O)c2oc3c(O)cccc3c(=O)c2c1O. The van der Waals surface area contributed by atoms with E-state index in [-0.39, 0.29) is 39.7 Å². The van der Waals surface area contributed by atoms with Crippen molar-refractivity contribution in [3.05, 3.63) is 45.6 Å². The number of phenols is 4. The molecular weight excluding hydrogens is 312 g/mol. The smallest absolute Gasteiger partial charge is 0.204 e. The Labute approximate surface area is 136 Å². The van der Waals surface area contributed by atoms with Gasteiger partial charge in [-0.15, -0.1) is 0 Å². The summed E-state index contributed by atoms with van der Waals surface area (Å²) in [5, 5.41) is 40.5. The minimum Gasteiger partial charge on any atom is -0.507 e. The Hall–Kier alpha value is -3.15. The fourth-order valence-corrected chi connectivity index (χ4v) is 2.60. The highest BCUT2D eigenvalue weighted by atomic mass is 16.4. The third kappa shape index (κ3) is 2.23. The molecule has 2 aromatic carbocycles. The van der Waals surface area contributed by atoms with Crippen LogP contribution in [0.1, 0.15) is 19.4 Å². The molecule has 0 fully saturated rings. The molecule has 124 valence electrons. The summed E-state index contributed by atoms with van der Waals surface area (Å²) in [6, 6.07) is 4.25. The second-order valence-corrected chi connectivity index (χ2v) is 5.80. The lowest BCUT2D eigenvalue weighted by molar-refractivity contribution is 0.389. The predicted octanol–water partition coefficient (Wildman–Crippen LogP) is 3.28. The van der Waals surface area contributed by atoms with Crippen LogP contribution in [0, 0.1) is 0 Å². The van der Waals surface area contributed by atoms with Crippen LogP contribution in [0.15, 0.2) is 39.1 Å². The fraction of sp³-hybridized carbons (Fsp3) is 0.167. The quantitative estimate of drug-likeness (QED) is 0.249. The second kappa shape index (κ2) is 5.49. The Balaban J connectivity index is 2.49. The van der Waals surface area contributed by atoms with Crippen LogP contribution in [0.25, 0.3) is 21.9 Å². The van der Waals surface area contributed by atoms with E-state index in [1.165, 1.54) is 18.2 Å². The van der Waals surface area contributed by atoms with E-state index in [2.05, 4.69) is 0 Å². The molecule has 6 heteroatoms. The van der Waals surface area contributed by atoms with Crippen LogP contribution in [-0.4, -0.2) is 20.4 Å². The molecule has 0 amide bonds. The average Bonchev–Trinajstić information content (AvgIpc) is 2.53. The van der Waals surface area contributed by atoms with Gasteiger partial charge in [-0.1, -0.05) is 17.7 Å². The monoisotopic (exact) mass is 328 g/mol. The van der Waals surface area contributed by atoms with Crippen LogP contribution in [-0.2, 0) is 6.42 Å². The maximum atomic E-state index is 12.7. The number of aromatic hydroxyl groups is 4. The van der Waals surface area contributed by atoms with Crippen molar-refractivity contribution < 1.29 is 24.8 Å². The molecule has 0 saturated heterocycles. The first-order valence-electron chi connectivity index (χ1n) is 7.30. The lowest BCUT2D eigenvalue weighted by atomic mass is 10.0. The first-order valence-corrected chi connectivity index (χ1v) is 7.30. The first-order chi connectivity index (χ1) is 11.3. The van der Waals surface area contributed by atoms with Crippen molar-refractivity contribution in [2.75, 3.05) is 0 Å². The van der Waals surface area contributed by atoms with E-state index in [1.54, 1.807) is 6.08 Å². The van der Waals surface area contributed by atoms with Crippen LogP contribution in [0.4, 0.5) is 0 Å². The Bertz CT molecular complexity index is 1050. The van der Waals surface area contributed by atoms with E-state index < -0.39 is 22.7 Å². The molecule has 0 unspecified atom stereocenters. The zero-order chi connectivity index (χ0) is 17.6. The van der Waals surface area contributed by atoms with E-state index in [0.717, 1.165) is 5.57 Å². The van der Waals surface area contributed by atoms with E-state index in [4.69, 9.17) is 4.42 Å². The number of para-hydroxylation sites is 1. The zero-order valence-corrected chi connectivity index (χ0v) is 13.1. The molecule has 0 aliphatic rings. The maximum absolute atomic E-state index is 12.7. The van der Waals surface area contributed by atoms with Crippen molar-refractivity contribution in [3.8, 4) is 23.0 Å². The summed E-state index contributed by atoms with van der Waals surface area (Å²) in [5.74, 6) is -1.94. The van der Waals surface area contributed by atoms with E-state index in [9.17, 15) is 25.2 Å². The summed E-state index contributed by atoms with van der Waals surface area (Å²) < 4.78 is 5.40. The minimum atomic E-state index is -0.651. The van der Waals surface area contributed by atoms with Gasteiger partial charge in [-0.2, -0.15) is 0 Å². The van der Waals surface area contributed by atoms with Crippen molar-refractivity contribution in [2.24, 2.45) is 0 Å². The topological polar surface area (TPSA) is 111 Å². The number of rotatable bonds is 2. The third-order valence-corrected chi connectivity index (χ3v) is 3.86. The van der Waals surface area contributed by atoms with Gasteiger partial charge in [0.05, 0.1) is 5.39 Å². The highest BCUT2D eigenvalue weighted by Crippen LogP contribution is 2.44. The van der Waals surface area contributed by atoms with Crippen LogP contribution >= 0.6 is 0 Å². The van der Waals surface area contributed by atoms with Crippen molar-refractivity contribution in [2.45, 2.75) is 20.3 Å². The van der Waals surface area contributed by atoms with Gasteiger partial charge < -0.3 is 24.8 Å². The zero-order valence-electron chi connectivity index (χ0n) is 13.1. The number of hydrogen-bond donors (Lipinski definition) is 4. The fourth-order valence-electron chi connectivity index (χ4n) is 2.60. The molecule has 0 saturated carbocycles. The van der Waals surface area contributed by atoms with Crippen LogP contribution in [0.5, 0.6) is 23.0 Å². The van der Waals surface area contributed by atoms with E-state index in [0.29, 0.717) is 0 Å². The van der Waals surface area contributed by atoms with Gasteiger partial charge >= 0.3 is 0 Å². The number of fused-ring (bicyclic) bond motifs is 2. The van der Waals surface area contributed by atoms with Gasteiger partial charge in [0.1, 0.15) is 11.1 Å². The van der Waals surface area contributed by atoms with Gasteiger partial charge in [0, 0.05) is 5.56 Å². The van der Waals surface area contributed by atoms with E-state index in [1.807, 2.05) is 13.8 Å². The van der Waals surface area contributed by atoms with Crippen molar-refractivity contribution >= 4 is 21.9 Å². The molecule has 0 spiro atoms. The molecule has 0 bridgehead atoms. The van der Waals surface area contributed by atoms with Gasteiger partial charge in [0.25, 0.3) is 0 Å². The largest absolute Gasteiger partial charge is 0.507 e. The van der Waals surface area contributed by atoms with Crippen LogP contribution < -0.4 is 5.43 Å². The minimum absolute atomic E-state index is 0.0352. The predicted molar refractivity (Wildman–Crippen MR) is 89.8 cm³/mol. The molecule has 0 aliphatic carbocycles. The van der Waals surface area contributed by atoms with E-state index >= 15 is 0 Å². The van der Waals surface area contributed by atoms with Crippen molar-refractivity contribution in [1.82, 2.24) is 0 Å². The van der Waals surface area contributed by atoms with Gasteiger partial charge in [0.2, 0.25) is 11.2 Å². The van der Waals surface area contributed by atoms with Gasteiger partial charge in [-0.25, -0.2) is 0 Å². The Morgan fingerprint density at radius 3 is 2.42 bits per heavy atom. The van der Waals surface area contributed by atoms with Gasteiger partial charge in [-0.3, -0.25) is 4.79 Å². The highest BCUT2D eigenvalue weighted by molar-refractivity contribution is 5.99. The summed E-state index contributed by atoms with van der Waals surface area (Å²) >= 11 is 0. The molecule has 3 aromatic rings. The molecule has 0 radical (unpaired) electrons. The molecule has 6 nitrogen and oxygen atoms in total. The highest BCUT2D eigenvalue weighted by Gasteiger charge is 2.23. The number of benzene rings is 2. The van der Waals surface area contributed by atoms with Crippen LogP contribution in [0.2, 0.25) is 0 Å². The molecular formula is C18H16O6. The number of allylic oxidation sites excluding steroid dienone is 2. The normalized spacial score (nSPS) is 11.1. The standard InChI is InChI=1S/C18H16O6/c1-8(2)6-7-9-13(20)12-14(21)10-4-3-5-11(19)17(10)24-18(12)16(23)15(9)22/h3-6,19-20,22-23H,7H2,1-2H3. The molecule has 4 N–H and O–H groups in total. The molecule has 24 heavy (non-hydrogen) atoms. The number of phenolic OH excluding ortho intramolecular Hbond substituents is 4. The molecule has 0 atom stereocenters. The van der Waals surface area contributed by atoms with Gasteiger partial charge in [-0.05, 0) is 32.4 Å². The molecule has 3 rings (SSSR count). The Morgan fingerprint density at radius 1 is 1.04 bits per heavy atom. The summed E-state index contributed by atoms with van der Waals surface area (Å²) in [4.78, 5) is 12.7. The Morgan fingerprint density at radius 2 is 1.75 bits per heavy atom. The molecule has 1 heterocycles. The Kier molecular flexibility index (Phi) is 3.60. The molecule has 0 aliphatic heterocycles. The number of hydrogen-bond acceptors (Lipinski definition) is 6. The maximum Gasteiger partial charge on any atom is 0.204 e. The lowest BCUT2D eigenvalue weighted by Gasteiger charge is -2.12. The first kappa shape index (κ1) is 15.7. The van der Waals surface area contributed by atoms with Crippen LogP contribution in [0.3, 0.4) is 0 Å². The second-order valence-electron chi connectivity index (χ2n) is 5.80. The summed E-state index contributed by atoms with van der Waals surface area (Å²) in [6.45, 7) is 3.69. The molecule has 1 aromatic heterocycles. The third-order valence-electron chi connectivity index (χ3n) is 3.86. The van der Waals surface area contributed by atoms with Gasteiger partial charge in [0.15, 0.2) is 22.7 Å². The van der Waals surface area contributed by atoms with Crippen molar-refractivity contribution in [3.63, 3.8) is 0 Å². The lowest BCUT2D eigenvalue weighted by Crippen LogP contribution is -2.04. The summed E-state index contributed by atoms with van der Waals surface area (Å²) in [6.07, 6.45) is 1.88.